The number of nitrogens with one attached hydrogen (secondary N) is 2. The molecule has 3 aromatic rings. The van der Waals surface area contributed by atoms with Crippen LogP contribution in [0.5, 0.6) is 5.75 Å². The second-order valence-electron chi connectivity index (χ2n) is 7.90. The van der Waals surface area contributed by atoms with Gasteiger partial charge in [-0.05, 0) is 0 Å². The van der Waals surface area contributed by atoms with E-state index in [-0.39, 0.29) is 48.5 Å². The third-order valence-electron chi connectivity index (χ3n) is 5.74. The van der Waals surface area contributed by atoms with Gasteiger partial charge in [0.25, 0.3) is 0 Å². The molecule has 0 radical (unpaired) electrons. The minimum Gasteiger partial charge on any atom is -0.493 e. The molecule has 11 nitrogen and oxygen atoms in total. The predicted molar refractivity (Wildman–Crippen MR) is 117 cm³/mol. The van der Waals surface area contributed by atoms with Crippen molar-refractivity contribution in [3.05, 3.63) is 24.3 Å². The van der Waals surface area contributed by atoms with Crippen LogP contribution in [0, 0.1) is 5.82 Å². The number of imidazole rings is 1. The van der Waals surface area contributed by atoms with Gasteiger partial charge in [0.15, 0.2) is 32.9 Å². The maximum Gasteiger partial charge on any atom is 0.223 e. The minimum atomic E-state index is -3.08. The molecule has 2 fully saturated rings. The Morgan fingerprint density at radius 1 is 1.21 bits per heavy atom. The van der Waals surface area contributed by atoms with Crippen LogP contribution in [0.25, 0.3) is 17.0 Å². The van der Waals surface area contributed by atoms with E-state index < -0.39 is 27.9 Å². The number of halogens is 2. The zero-order chi connectivity index (χ0) is 23.2. The third-order valence-corrected chi connectivity index (χ3v) is 7.35. The van der Waals surface area contributed by atoms with Gasteiger partial charge in [0.05, 0.1) is 37.1 Å². The lowest BCUT2D eigenvalue weighted by molar-refractivity contribution is 0.342. The highest BCUT2D eigenvalue weighted by molar-refractivity contribution is 7.91. The van der Waals surface area contributed by atoms with Crippen molar-refractivity contribution in [3.63, 3.8) is 0 Å². The number of alkyl halides is 1. The van der Waals surface area contributed by atoms with Crippen molar-refractivity contribution >= 4 is 27.3 Å². The van der Waals surface area contributed by atoms with Gasteiger partial charge < -0.3 is 20.3 Å². The summed E-state index contributed by atoms with van der Waals surface area (Å²) in [4.78, 5) is 14.3. The average Bonchev–Trinajstić information content (AvgIpc) is 3.39. The van der Waals surface area contributed by atoms with Crippen LogP contribution in [0.2, 0.25) is 0 Å². The van der Waals surface area contributed by atoms with E-state index >= 15 is 0 Å². The van der Waals surface area contributed by atoms with Crippen LogP contribution < -0.4 is 20.3 Å². The summed E-state index contributed by atoms with van der Waals surface area (Å²) in [6, 6.07) is 1.13. The molecule has 2 N–H and O–H groups in total. The van der Waals surface area contributed by atoms with Gasteiger partial charge in [0, 0.05) is 32.2 Å². The van der Waals surface area contributed by atoms with Crippen molar-refractivity contribution in [1.29, 1.82) is 0 Å². The lowest BCUT2D eigenvalue weighted by Gasteiger charge is -2.28. The summed E-state index contributed by atoms with van der Waals surface area (Å²) in [7, 11) is -1.60. The monoisotopic (exact) mass is 480 g/mol. The first-order chi connectivity index (χ1) is 15.8. The topological polar surface area (TPSA) is 127 Å². The number of sulfone groups is 1. The van der Waals surface area contributed by atoms with Crippen molar-refractivity contribution in [1.82, 2.24) is 29.9 Å². The molecular formula is C19H22F2N8O3S. The lowest BCUT2D eigenvalue weighted by atomic mass is 10.2. The summed E-state index contributed by atoms with van der Waals surface area (Å²) in [6.45, 7) is 1.16. The SMILES string of the molecule is COc1cc2ncc(-c3nc(N[C@H]4CNC[C@@H]4F)ncc3F)n2nc1N1CCS(=O)(=O)CC1. The fourth-order valence-electron chi connectivity index (χ4n) is 3.91. The smallest absolute Gasteiger partial charge is 0.223 e. The molecule has 2 atom stereocenters. The Morgan fingerprint density at radius 3 is 2.70 bits per heavy atom. The lowest BCUT2D eigenvalue weighted by Crippen LogP contribution is -2.41. The normalized spacial score (nSPS) is 22.6. The Hall–Kier alpha value is -3.13. The van der Waals surface area contributed by atoms with Gasteiger partial charge in [-0.1, -0.05) is 0 Å². The maximum atomic E-state index is 14.7. The van der Waals surface area contributed by atoms with Gasteiger partial charge in [0.2, 0.25) is 5.95 Å². The maximum absolute atomic E-state index is 14.7. The number of anilines is 2. The molecule has 2 aliphatic heterocycles. The second kappa shape index (κ2) is 8.33. The van der Waals surface area contributed by atoms with Crippen molar-refractivity contribution in [2.45, 2.75) is 12.2 Å². The highest BCUT2D eigenvalue weighted by atomic mass is 32.2. The Labute approximate surface area is 188 Å². The summed E-state index contributed by atoms with van der Waals surface area (Å²) < 4.78 is 59.2. The van der Waals surface area contributed by atoms with Crippen LogP contribution >= 0.6 is 0 Å². The molecule has 176 valence electrons. The number of ether oxygens (including phenoxy) is 1. The molecular weight excluding hydrogens is 458 g/mol. The Kier molecular flexibility index (Phi) is 5.48. The largest absolute Gasteiger partial charge is 0.493 e. The van der Waals surface area contributed by atoms with Crippen LogP contribution in [0.1, 0.15) is 0 Å². The highest BCUT2D eigenvalue weighted by Crippen LogP contribution is 2.31. The van der Waals surface area contributed by atoms with Crippen LogP contribution in [-0.2, 0) is 9.84 Å². The molecule has 5 heterocycles. The number of rotatable bonds is 5. The van der Waals surface area contributed by atoms with Crippen molar-refractivity contribution in [2.75, 3.05) is 55.0 Å². The predicted octanol–water partition coefficient (Wildman–Crippen LogP) is 0.291. The number of hydrogen-bond donors (Lipinski definition) is 2. The molecule has 0 saturated carbocycles. The average molecular weight is 481 g/mol. The van der Waals surface area contributed by atoms with Gasteiger partial charge in [-0.3, -0.25) is 0 Å². The van der Waals surface area contributed by atoms with E-state index in [9.17, 15) is 17.2 Å². The summed E-state index contributed by atoms with van der Waals surface area (Å²) in [5.41, 5.74) is 0.612. The van der Waals surface area contributed by atoms with Crippen molar-refractivity contribution < 1.29 is 21.9 Å². The minimum absolute atomic E-state index is 0.00775. The first-order valence-electron chi connectivity index (χ1n) is 10.4. The molecule has 33 heavy (non-hydrogen) atoms. The van der Waals surface area contributed by atoms with Crippen LogP contribution in [0.15, 0.2) is 18.5 Å². The van der Waals surface area contributed by atoms with E-state index in [0.717, 1.165) is 6.20 Å². The van der Waals surface area contributed by atoms with E-state index in [1.807, 2.05) is 0 Å². The molecule has 2 aliphatic rings. The van der Waals surface area contributed by atoms with E-state index in [0.29, 0.717) is 23.8 Å². The van der Waals surface area contributed by atoms with Gasteiger partial charge in [-0.2, -0.15) is 0 Å². The van der Waals surface area contributed by atoms with Crippen LogP contribution in [0.3, 0.4) is 0 Å². The molecule has 14 heteroatoms. The van der Waals surface area contributed by atoms with E-state index in [2.05, 4.69) is 30.7 Å². The van der Waals surface area contributed by atoms with E-state index in [1.165, 1.54) is 17.8 Å². The molecule has 0 unspecified atom stereocenters. The van der Waals surface area contributed by atoms with Crippen LogP contribution in [0.4, 0.5) is 20.5 Å². The second-order valence-corrected chi connectivity index (χ2v) is 10.2. The summed E-state index contributed by atoms with van der Waals surface area (Å²) in [5, 5.41) is 10.4. The van der Waals surface area contributed by atoms with E-state index in [1.54, 1.807) is 11.0 Å². The first kappa shape index (κ1) is 21.7. The van der Waals surface area contributed by atoms with Crippen molar-refractivity contribution in [3.8, 4) is 17.1 Å². The van der Waals surface area contributed by atoms with Gasteiger partial charge >= 0.3 is 0 Å². The first-order valence-corrected chi connectivity index (χ1v) is 12.2. The standard InChI is InChI=1S/C19H22F2N8O3S/c1-32-15-6-16-23-10-14(29(16)27-18(15)28-2-4-33(30,31)5-3-28)17-12(21)8-24-19(26-17)25-13-9-22-7-11(13)20/h6,8,10-11,13,22H,2-5,7,9H2,1H3,(H,24,25,26)/t11-,13-/m0/s1. The molecule has 5 rings (SSSR count). The molecule has 0 amide bonds. The molecule has 0 aromatic carbocycles. The Bertz CT molecular complexity index is 1290. The number of nitrogens with zero attached hydrogens (tertiary/aromatic N) is 6. The zero-order valence-corrected chi connectivity index (χ0v) is 18.5. The molecule has 2 saturated heterocycles. The van der Waals surface area contributed by atoms with Gasteiger partial charge in [0.1, 0.15) is 17.6 Å². The molecule has 0 aliphatic carbocycles. The highest BCUT2D eigenvalue weighted by Gasteiger charge is 2.28. The summed E-state index contributed by atoms with van der Waals surface area (Å²) in [6.07, 6.45) is 1.33. The fraction of sp³-hybridized carbons (Fsp3) is 0.474. The van der Waals surface area contributed by atoms with Gasteiger partial charge in [-0.15, -0.1) is 5.10 Å². The zero-order valence-electron chi connectivity index (χ0n) is 17.7. The van der Waals surface area contributed by atoms with Gasteiger partial charge in [-0.25, -0.2) is 36.7 Å². The summed E-state index contributed by atoms with van der Waals surface area (Å²) in [5.74, 6) is 0.262. The Balaban J connectivity index is 1.53. The third kappa shape index (κ3) is 4.15. The number of aromatic nitrogens is 5. The van der Waals surface area contributed by atoms with E-state index in [4.69, 9.17) is 4.74 Å². The quantitative estimate of drug-likeness (QED) is 0.526. The summed E-state index contributed by atoms with van der Waals surface area (Å²) >= 11 is 0. The molecule has 0 bridgehead atoms. The van der Waals surface area contributed by atoms with Crippen molar-refractivity contribution in [2.24, 2.45) is 0 Å². The Morgan fingerprint density at radius 2 is 2.00 bits per heavy atom. The number of hydrogen-bond acceptors (Lipinski definition) is 10. The number of methoxy groups -OCH3 is 1. The van der Waals surface area contributed by atoms with Crippen LogP contribution in [-0.4, -0.2) is 90.0 Å². The molecule has 0 spiro atoms. The number of fused-ring (bicyclic) bond motifs is 1. The fourth-order valence-corrected chi connectivity index (χ4v) is 5.12. The molecule has 3 aromatic heterocycles.